The van der Waals surface area contributed by atoms with E-state index in [1.807, 2.05) is 0 Å². The number of thioether (sulfide) groups is 1. The smallest absolute Gasteiger partial charge is 0.322 e. The van der Waals surface area contributed by atoms with E-state index in [-0.39, 0.29) is 41.9 Å². The van der Waals surface area contributed by atoms with Gasteiger partial charge in [0.15, 0.2) is 0 Å². The van der Waals surface area contributed by atoms with Gasteiger partial charge in [0.05, 0.1) is 19.6 Å². The molecule has 0 aliphatic carbocycles. The standard InChI is InChI=1S/C24H35N3O12S/c1-24(2,17(30)6-11-15(28)8-16(29)12(7-19(32)33)21(11)39-3)40-10-14(22(36)26-9-20(34)35)27-18(31)5-4-13(25)23(37)38/h8,13-14,17,28-30H,4-7,9-10,25H2,1-3H3,(H,26,36)(H,27,31)(H,32,33)(H,34,35)(H,37,38). The van der Waals surface area contributed by atoms with Crippen molar-refractivity contribution in [2.45, 2.75) is 62.5 Å². The molecule has 0 heterocycles. The molecule has 40 heavy (non-hydrogen) atoms. The molecule has 0 radical (unpaired) electrons. The van der Waals surface area contributed by atoms with Crippen LogP contribution < -0.4 is 21.1 Å². The third-order valence-corrected chi connectivity index (χ3v) is 7.38. The fraction of sp³-hybridized carbons (Fsp3) is 0.542. The van der Waals surface area contributed by atoms with Gasteiger partial charge < -0.3 is 51.7 Å². The Hall–Kier alpha value is -3.76. The maximum absolute atomic E-state index is 12.6. The first kappa shape index (κ1) is 34.3. The lowest BCUT2D eigenvalue weighted by molar-refractivity contribution is -0.139. The molecule has 0 bridgehead atoms. The molecule has 0 saturated carbocycles. The van der Waals surface area contributed by atoms with E-state index >= 15 is 0 Å². The number of nitrogens with two attached hydrogens (primary N) is 1. The maximum Gasteiger partial charge on any atom is 0.322 e. The fourth-order valence-corrected chi connectivity index (χ4v) is 4.57. The van der Waals surface area contributed by atoms with Gasteiger partial charge in [0.2, 0.25) is 11.8 Å². The Labute approximate surface area is 233 Å². The SMILES string of the molecule is COc1c(CC(=O)O)c(O)cc(O)c1CC(O)C(C)(C)SCC(NC(=O)CCC(N)C(=O)O)C(=O)NCC(=O)O. The van der Waals surface area contributed by atoms with Crippen molar-refractivity contribution in [3.05, 3.63) is 17.2 Å². The quantitative estimate of drug-likeness (QED) is 0.106. The van der Waals surface area contributed by atoms with Crippen molar-refractivity contribution < 1.29 is 59.3 Å². The number of amides is 2. The highest BCUT2D eigenvalue weighted by Crippen LogP contribution is 2.41. The lowest BCUT2D eigenvalue weighted by atomic mass is 9.94. The van der Waals surface area contributed by atoms with Gasteiger partial charge in [0, 0.05) is 40.5 Å². The predicted octanol–water partition coefficient (Wildman–Crippen LogP) is -0.974. The molecule has 16 heteroatoms. The third kappa shape index (κ3) is 10.4. The summed E-state index contributed by atoms with van der Waals surface area (Å²) in [4.78, 5) is 57.9. The Bertz CT molecular complexity index is 1110. The highest BCUT2D eigenvalue weighted by Gasteiger charge is 2.34. The van der Waals surface area contributed by atoms with E-state index in [0.717, 1.165) is 17.8 Å². The summed E-state index contributed by atoms with van der Waals surface area (Å²) in [7, 11) is 1.21. The lowest BCUT2D eigenvalue weighted by Crippen LogP contribution is -2.50. The van der Waals surface area contributed by atoms with E-state index < -0.39 is 77.1 Å². The van der Waals surface area contributed by atoms with Gasteiger partial charge in [-0.15, -0.1) is 0 Å². The molecular formula is C24H35N3O12S. The van der Waals surface area contributed by atoms with Crippen LogP contribution in [-0.4, -0.2) is 103 Å². The summed E-state index contributed by atoms with van der Waals surface area (Å²) in [6.45, 7) is 2.49. The van der Waals surface area contributed by atoms with Gasteiger partial charge in [-0.25, -0.2) is 0 Å². The third-order valence-electron chi connectivity index (χ3n) is 5.86. The topological polar surface area (TPSA) is 266 Å². The minimum atomic E-state index is -1.32. The van der Waals surface area contributed by atoms with Crippen LogP contribution in [0.4, 0.5) is 0 Å². The normalized spacial score (nSPS) is 13.5. The number of ether oxygens (including phenoxy) is 1. The number of nitrogens with one attached hydrogen (secondary N) is 2. The second kappa shape index (κ2) is 15.1. The van der Waals surface area contributed by atoms with Crippen LogP contribution in [0.1, 0.15) is 37.8 Å². The molecule has 3 atom stereocenters. The van der Waals surface area contributed by atoms with E-state index in [4.69, 9.17) is 25.8 Å². The molecular weight excluding hydrogens is 554 g/mol. The summed E-state index contributed by atoms with van der Waals surface area (Å²) in [5.74, 6) is -6.61. The van der Waals surface area contributed by atoms with Crippen LogP contribution in [0, 0.1) is 0 Å². The van der Waals surface area contributed by atoms with Crippen molar-refractivity contribution in [1.29, 1.82) is 0 Å². The second-order valence-corrected chi connectivity index (χ2v) is 11.0. The van der Waals surface area contributed by atoms with Crippen molar-refractivity contribution in [2.75, 3.05) is 19.4 Å². The minimum Gasteiger partial charge on any atom is -0.507 e. The second-order valence-electron chi connectivity index (χ2n) is 9.33. The number of methoxy groups -OCH3 is 1. The van der Waals surface area contributed by atoms with Crippen molar-refractivity contribution in [1.82, 2.24) is 10.6 Å². The zero-order valence-corrected chi connectivity index (χ0v) is 23.0. The Balaban J connectivity index is 3.08. The van der Waals surface area contributed by atoms with Gasteiger partial charge in [-0.05, 0) is 20.3 Å². The number of aliphatic hydroxyl groups excluding tert-OH is 1. The van der Waals surface area contributed by atoms with E-state index in [0.29, 0.717) is 0 Å². The zero-order chi connectivity index (χ0) is 30.8. The number of carbonyl (C=O) groups is 5. The van der Waals surface area contributed by atoms with E-state index in [1.54, 1.807) is 13.8 Å². The molecule has 2 amide bonds. The van der Waals surface area contributed by atoms with Gasteiger partial charge in [-0.1, -0.05) is 0 Å². The van der Waals surface area contributed by atoms with Crippen LogP contribution in [0.3, 0.4) is 0 Å². The largest absolute Gasteiger partial charge is 0.507 e. The number of aliphatic carboxylic acids is 3. The summed E-state index contributed by atoms with van der Waals surface area (Å²) in [5, 5.41) is 63.0. The Morgan fingerprint density at radius 1 is 1.05 bits per heavy atom. The van der Waals surface area contributed by atoms with Crippen LogP contribution in [0.15, 0.2) is 6.07 Å². The first-order valence-electron chi connectivity index (χ1n) is 11.9. The lowest BCUT2D eigenvalue weighted by Gasteiger charge is -2.32. The molecule has 0 aliphatic heterocycles. The number of carboxylic acids is 3. The average Bonchev–Trinajstić information content (AvgIpc) is 2.85. The molecule has 15 nitrogen and oxygen atoms in total. The summed E-state index contributed by atoms with van der Waals surface area (Å²) in [6, 6.07) is -1.61. The van der Waals surface area contributed by atoms with E-state index in [9.17, 15) is 39.3 Å². The summed E-state index contributed by atoms with van der Waals surface area (Å²) in [5.41, 5.74) is 5.34. The van der Waals surface area contributed by atoms with Crippen LogP contribution in [0.25, 0.3) is 0 Å². The minimum absolute atomic E-state index is 0.0385. The van der Waals surface area contributed by atoms with Crippen molar-refractivity contribution in [2.24, 2.45) is 5.73 Å². The van der Waals surface area contributed by atoms with Gasteiger partial charge in [0.1, 0.15) is 35.9 Å². The number of aliphatic hydroxyl groups is 1. The molecule has 0 spiro atoms. The number of benzene rings is 1. The number of phenolic OH excluding ortho intramolecular Hbond substituents is 2. The number of hydrogen-bond donors (Lipinski definition) is 9. The van der Waals surface area contributed by atoms with Crippen LogP contribution >= 0.6 is 11.8 Å². The molecule has 10 N–H and O–H groups in total. The molecule has 1 aromatic carbocycles. The van der Waals surface area contributed by atoms with Crippen molar-refractivity contribution >= 4 is 41.5 Å². The molecule has 1 rings (SSSR count). The van der Waals surface area contributed by atoms with E-state index in [2.05, 4.69) is 10.6 Å². The van der Waals surface area contributed by atoms with Gasteiger partial charge in [-0.3, -0.25) is 24.0 Å². The Morgan fingerprint density at radius 2 is 1.65 bits per heavy atom. The number of rotatable bonds is 17. The monoisotopic (exact) mass is 589 g/mol. The molecule has 0 aromatic heterocycles. The van der Waals surface area contributed by atoms with Gasteiger partial charge in [-0.2, -0.15) is 11.8 Å². The van der Waals surface area contributed by atoms with E-state index in [1.165, 1.54) is 7.11 Å². The highest BCUT2D eigenvalue weighted by molar-refractivity contribution is 8.00. The van der Waals surface area contributed by atoms with Crippen LogP contribution in [0.5, 0.6) is 17.2 Å². The summed E-state index contributed by atoms with van der Waals surface area (Å²) < 4.78 is 4.17. The highest BCUT2D eigenvalue weighted by atomic mass is 32.2. The molecule has 224 valence electrons. The molecule has 0 saturated heterocycles. The predicted molar refractivity (Wildman–Crippen MR) is 141 cm³/mol. The molecule has 1 aromatic rings. The Kier molecular flexibility index (Phi) is 13.0. The number of phenols is 2. The number of aromatic hydroxyl groups is 2. The first-order chi connectivity index (χ1) is 18.5. The summed E-state index contributed by atoms with van der Waals surface area (Å²) in [6.07, 6.45) is -2.63. The first-order valence-corrected chi connectivity index (χ1v) is 12.9. The van der Waals surface area contributed by atoms with Crippen molar-refractivity contribution in [3.8, 4) is 17.2 Å². The maximum atomic E-state index is 12.6. The van der Waals surface area contributed by atoms with Crippen molar-refractivity contribution in [3.63, 3.8) is 0 Å². The molecule has 3 unspecified atom stereocenters. The van der Waals surface area contributed by atoms with Gasteiger partial charge >= 0.3 is 17.9 Å². The van der Waals surface area contributed by atoms with Crippen LogP contribution in [-0.2, 0) is 36.8 Å². The van der Waals surface area contributed by atoms with Gasteiger partial charge in [0.25, 0.3) is 0 Å². The molecule has 0 fully saturated rings. The number of carbonyl (C=O) groups excluding carboxylic acids is 2. The average molecular weight is 590 g/mol. The fourth-order valence-electron chi connectivity index (χ4n) is 3.46. The summed E-state index contributed by atoms with van der Waals surface area (Å²) >= 11 is 1.03. The molecule has 0 aliphatic rings. The van der Waals surface area contributed by atoms with Crippen LogP contribution in [0.2, 0.25) is 0 Å². The Morgan fingerprint density at radius 3 is 2.17 bits per heavy atom. The number of carboxylic acid groups (broad SMARTS) is 3. The zero-order valence-electron chi connectivity index (χ0n) is 22.2. The number of hydrogen-bond acceptors (Lipinski definition) is 11.